The van der Waals surface area contributed by atoms with Gasteiger partial charge in [0.05, 0.1) is 0 Å². The summed E-state index contributed by atoms with van der Waals surface area (Å²) < 4.78 is 0. The maximum Gasteiger partial charge on any atom is 0.0253 e. The van der Waals surface area contributed by atoms with Crippen molar-refractivity contribution in [1.82, 2.24) is 5.32 Å². The van der Waals surface area contributed by atoms with E-state index in [9.17, 15) is 0 Å². The van der Waals surface area contributed by atoms with E-state index >= 15 is 0 Å². The Labute approximate surface area is 105 Å². The van der Waals surface area contributed by atoms with E-state index < -0.39 is 0 Å². The molecule has 1 N–H and O–H groups in total. The lowest BCUT2D eigenvalue weighted by Crippen LogP contribution is -2.31. The Hall–Kier alpha value is -1.08. The number of rotatable bonds is 3. The number of nitrogens with one attached hydrogen (secondary N) is 1. The summed E-state index contributed by atoms with van der Waals surface area (Å²) in [4.78, 5) is 0. The maximum absolute atomic E-state index is 3.53. The minimum atomic E-state index is 0.577. The van der Waals surface area contributed by atoms with Crippen LogP contribution in [0.15, 0.2) is 30.3 Å². The first-order valence-electron chi connectivity index (χ1n) is 6.77. The molecule has 1 aliphatic heterocycles. The van der Waals surface area contributed by atoms with Gasteiger partial charge in [-0.15, -0.1) is 0 Å². The van der Waals surface area contributed by atoms with E-state index in [-0.39, 0.29) is 0 Å². The number of piperidine rings is 1. The van der Waals surface area contributed by atoms with Crippen LogP contribution in [0.4, 0.5) is 0 Å². The Bertz CT molecular complexity index is 356. The first-order valence-corrected chi connectivity index (χ1v) is 6.77. The van der Waals surface area contributed by atoms with E-state index in [0.717, 1.165) is 0 Å². The van der Waals surface area contributed by atoms with Crippen LogP contribution in [0.5, 0.6) is 0 Å². The molecule has 1 nitrogen and oxygen atoms in total. The van der Waals surface area contributed by atoms with E-state index in [2.05, 4.69) is 55.6 Å². The minimum absolute atomic E-state index is 0.577. The average Bonchev–Trinajstić information content (AvgIpc) is 2.38. The highest BCUT2D eigenvalue weighted by Crippen LogP contribution is 2.16. The third-order valence-electron chi connectivity index (χ3n) is 3.47. The number of hydrogen-bond acceptors (Lipinski definition) is 1. The summed E-state index contributed by atoms with van der Waals surface area (Å²) in [5, 5.41) is 3.53. The van der Waals surface area contributed by atoms with Crippen LogP contribution in [-0.2, 0) is 0 Å². The molecule has 2 rings (SSSR count). The van der Waals surface area contributed by atoms with E-state index in [1.165, 1.54) is 36.9 Å². The summed E-state index contributed by atoms with van der Waals surface area (Å²) in [7, 11) is 0. The molecule has 1 aromatic rings. The van der Waals surface area contributed by atoms with Crippen molar-refractivity contribution in [3.8, 4) is 0 Å². The topological polar surface area (TPSA) is 12.0 Å². The zero-order chi connectivity index (χ0) is 12.1. The molecule has 0 aliphatic carbocycles. The molecule has 92 valence electrons. The molecule has 0 saturated carbocycles. The van der Waals surface area contributed by atoms with Crippen molar-refractivity contribution in [3.05, 3.63) is 41.5 Å². The van der Waals surface area contributed by atoms with Gasteiger partial charge in [0.15, 0.2) is 0 Å². The first-order chi connectivity index (χ1) is 8.25. The lowest BCUT2D eigenvalue weighted by Gasteiger charge is -2.20. The highest BCUT2D eigenvalue weighted by atomic mass is 14.9. The van der Waals surface area contributed by atoms with Crippen LogP contribution in [0.2, 0.25) is 0 Å². The van der Waals surface area contributed by atoms with Gasteiger partial charge in [0.2, 0.25) is 0 Å². The first kappa shape index (κ1) is 12.4. The molecule has 1 saturated heterocycles. The molecule has 17 heavy (non-hydrogen) atoms. The molecule has 1 heteroatoms. The molecule has 0 spiro atoms. The monoisotopic (exact) mass is 229 g/mol. The van der Waals surface area contributed by atoms with Crippen molar-refractivity contribution in [1.29, 1.82) is 0 Å². The Morgan fingerprint density at radius 2 is 1.94 bits per heavy atom. The lowest BCUT2D eigenvalue weighted by atomic mass is 10.0. The second-order valence-electron chi connectivity index (χ2n) is 5.24. The van der Waals surface area contributed by atoms with Crippen molar-refractivity contribution in [2.75, 3.05) is 6.54 Å². The van der Waals surface area contributed by atoms with Crippen LogP contribution >= 0.6 is 0 Å². The summed E-state index contributed by atoms with van der Waals surface area (Å²) in [5.41, 5.74) is 2.72. The molecule has 1 aromatic carbocycles. The molecule has 1 heterocycles. The third-order valence-corrected chi connectivity index (χ3v) is 3.47. The second kappa shape index (κ2) is 6.02. The molecule has 1 aliphatic rings. The van der Waals surface area contributed by atoms with Gasteiger partial charge in [-0.2, -0.15) is 0 Å². The zero-order valence-electron chi connectivity index (χ0n) is 10.9. The quantitative estimate of drug-likeness (QED) is 0.827. The van der Waals surface area contributed by atoms with Gasteiger partial charge < -0.3 is 5.32 Å². The third kappa shape index (κ3) is 3.71. The van der Waals surface area contributed by atoms with Gasteiger partial charge in [-0.1, -0.05) is 56.7 Å². The van der Waals surface area contributed by atoms with Crippen LogP contribution < -0.4 is 5.32 Å². The molecular formula is C16H23N. The van der Waals surface area contributed by atoms with Crippen molar-refractivity contribution < 1.29 is 0 Å². The lowest BCUT2D eigenvalue weighted by molar-refractivity contribution is 0.455. The maximum atomic E-state index is 3.53. The molecule has 0 bridgehead atoms. The fraction of sp³-hybridized carbons (Fsp3) is 0.500. The summed E-state index contributed by atoms with van der Waals surface area (Å²) in [6, 6.07) is 9.48. The van der Waals surface area contributed by atoms with Crippen molar-refractivity contribution >= 4 is 6.08 Å². The van der Waals surface area contributed by atoms with Crippen LogP contribution in [-0.4, -0.2) is 12.6 Å². The fourth-order valence-corrected chi connectivity index (χ4v) is 2.26. The van der Waals surface area contributed by atoms with Gasteiger partial charge in [0.1, 0.15) is 0 Å². The van der Waals surface area contributed by atoms with Crippen molar-refractivity contribution in [2.45, 2.75) is 45.1 Å². The Morgan fingerprint density at radius 3 is 2.53 bits per heavy atom. The predicted octanol–water partition coefficient (Wildman–Crippen LogP) is 3.97. The molecule has 1 fully saturated rings. The summed E-state index contributed by atoms with van der Waals surface area (Å²) in [5.74, 6) is 0.619. The van der Waals surface area contributed by atoms with Crippen LogP contribution in [0.1, 0.15) is 50.2 Å². The normalized spacial score (nSPS) is 21.2. The molecule has 1 unspecified atom stereocenters. The second-order valence-corrected chi connectivity index (χ2v) is 5.24. The van der Waals surface area contributed by atoms with Gasteiger partial charge in [-0.25, -0.2) is 0 Å². The smallest absolute Gasteiger partial charge is 0.0253 e. The van der Waals surface area contributed by atoms with Gasteiger partial charge in [0, 0.05) is 6.04 Å². The van der Waals surface area contributed by atoms with E-state index in [1.807, 2.05) is 0 Å². The molecule has 0 aromatic heterocycles. The fourth-order valence-electron chi connectivity index (χ4n) is 2.26. The number of hydrogen-bond donors (Lipinski definition) is 1. The van der Waals surface area contributed by atoms with Crippen LogP contribution in [0.3, 0.4) is 0 Å². The van der Waals surface area contributed by atoms with E-state index in [0.29, 0.717) is 12.0 Å². The predicted molar refractivity (Wildman–Crippen MR) is 75.2 cm³/mol. The van der Waals surface area contributed by atoms with Crippen LogP contribution in [0, 0.1) is 0 Å². The zero-order valence-corrected chi connectivity index (χ0v) is 10.9. The summed E-state index contributed by atoms with van der Waals surface area (Å²) in [6.45, 7) is 5.63. The minimum Gasteiger partial charge on any atom is -0.311 e. The van der Waals surface area contributed by atoms with E-state index in [1.54, 1.807) is 0 Å². The molecule has 0 amide bonds. The highest BCUT2D eigenvalue weighted by Gasteiger charge is 2.08. The van der Waals surface area contributed by atoms with Crippen molar-refractivity contribution in [2.24, 2.45) is 0 Å². The number of benzene rings is 1. The van der Waals surface area contributed by atoms with Gasteiger partial charge in [-0.3, -0.25) is 0 Å². The Balaban J connectivity index is 1.95. The van der Waals surface area contributed by atoms with Crippen LogP contribution in [0.25, 0.3) is 6.08 Å². The SMILES string of the molecule is CC(C)c1ccc(/C=C/C2CCCCN2)cc1. The van der Waals surface area contributed by atoms with Gasteiger partial charge in [-0.05, 0) is 36.4 Å². The van der Waals surface area contributed by atoms with Gasteiger partial charge in [0.25, 0.3) is 0 Å². The van der Waals surface area contributed by atoms with Gasteiger partial charge >= 0.3 is 0 Å². The molecule has 1 atom stereocenters. The Morgan fingerprint density at radius 1 is 1.18 bits per heavy atom. The highest BCUT2D eigenvalue weighted by molar-refractivity contribution is 5.50. The summed E-state index contributed by atoms with van der Waals surface area (Å²) in [6.07, 6.45) is 8.51. The largest absolute Gasteiger partial charge is 0.311 e. The molecule has 0 radical (unpaired) electrons. The van der Waals surface area contributed by atoms with Crippen molar-refractivity contribution in [3.63, 3.8) is 0 Å². The standard InChI is InChI=1S/C16H23N/c1-13(2)15-9-6-14(7-10-15)8-11-16-5-3-4-12-17-16/h6-11,13,16-17H,3-5,12H2,1-2H3/b11-8+. The Kier molecular flexibility index (Phi) is 4.38. The average molecular weight is 229 g/mol. The summed E-state index contributed by atoms with van der Waals surface area (Å²) >= 11 is 0. The van der Waals surface area contributed by atoms with E-state index in [4.69, 9.17) is 0 Å². The molecular weight excluding hydrogens is 206 g/mol.